The molecule has 0 spiro atoms. The molecule has 0 saturated heterocycles. The number of benzene rings is 1. The van der Waals surface area contributed by atoms with Crippen LogP contribution in [0.2, 0.25) is 0 Å². The van der Waals surface area contributed by atoms with Crippen molar-refractivity contribution in [3.05, 3.63) is 47.7 Å². The first-order valence-electron chi connectivity index (χ1n) is 8.67. The number of carbonyl (C=O) groups excluding carboxylic acids is 1. The molecular weight excluding hydrogens is 302 g/mol. The molecule has 5 heteroatoms. The molecule has 1 aliphatic heterocycles. The summed E-state index contributed by atoms with van der Waals surface area (Å²) in [5.74, 6) is 0.682. The van der Waals surface area contributed by atoms with E-state index in [2.05, 4.69) is 24.6 Å². The fourth-order valence-electron chi connectivity index (χ4n) is 2.78. The Morgan fingerprint density at radius 1 is 1.29 bits per heavy atom. The number of hydrogen-bond donors (Lipinski definition) is 2. The highest BCUT2D eigenvalue weighted by Gasteiger charge is 2.25. The quantitative estimate of drug-likeness (QED) is 0.719. The van der Waals surface area contributed by atoms with Gasteiger partial charge in [0.15, 0.2) is 0 Å². The SMILES string of the molecule is CN[C@@H](CC(C)C)C(=O)N1CC=C(NOCc2ccccc2)CC1. The van der Waals surface area contributed by atoms with E-state index in [9.17, 15) is 4.79 Å². The molecule has 24 heavy (non-hydrogen) atoms. The maximum Gasteiger partial charge on any atom is 0.239 e. The number of amides is 1. The Morgan fingerprint density at radius 2 is 2.04 bits per heavy atom. The lowest BCUT2D eigenvalue weighted by Crippen LogP contribution is -2.47. The molecule has 5 nitrogen and oxygen atoms in total. The van der Waals surface area contributed by atoms with Crippen LogP contribution in [-0.2, 0) is 16.2 Å². The van der Waals surface area contributed by atoms with Gasteiger partial charge in [0.05, 0.1) is 12.6 Å². The number of nitrogens with one attached hydrogen (secondary N) is 2. The number of likely N-dealkylation sites (N-methyl/N-ethyl adjacent to an activating group) is 1. The van der Waals surface area contributed by atoms with Gasteiger partial charge in [-0.1, -0.05) is 44.2 Å². The summed E-state index contributed by atoms with van der Waals surface area (Å²) < 4.78 is 0. The molecule has 132 valence electrons. The first kappa shape index (κ1) is 18.5. The molecule has 1 aromatic rings. The standard InChI is InChI=1S/C19H29N3O2/c1-15(2)13-18(20-3)19(23)22-11-9-17(10-12-22)21-24-14-16-7-5-4-6-8-16/h4-9,15,18,20-21H,10-14H2,1-3H3/t18-/m0/s1. The van der Waals surface area contributed by atoms with Crippen LogP contribution in [0, 0.1) is 5.92 Å². The molecule has 1 atom stereocenters. The average molecular weight is 331 g/mol. The van der Waals surface area contributed by atoms with Gasteiger partial charge in [0, 0.05) is 25.2 Å². The van der Waals surface area contributed by atoms with Crippen molar-refractivity contribution in [2.24, 2.45) is 5.92 Å². The Hall–Kier alpha value is -1.85. The molecule has 1 heterocycles. The van der Waals surface area contributed by atoms with Crippen LogP contribution in [0.15, 0.2) is 42.1 Å². The van der Waals surface area contributed by atoms with Gasteiger partial charge in [0.25, 0.3) is 0 Å². The van der Waals surface area contributed by atoms with E-state index in [0.717, 1.165) is 30.6 Å². The molecule has 0 radical (unpaired) electrons. The molecular formula is C19H29N3O2. The maximum absolute atomic E-state index is 12.6. The molecule has 0 aliphatic carbocycles. The van der Waals surface area contributed by atoms with Crippen molar-refractivity contribution < 1.29 is 9.63 Å². The van der Waals surface area contributed by atoms with E-state index in [1.165, 1.54) is 0 Å². The van der Waals surface area contributed by atoms with Gasteiger partial charge in [-0.3, -0.25) is 15.1 Å². The first-order valence-corrected chi connectivity index (χ1v) is 8.67. The van der Waals surface area contributed by atoms with E-state index in [0.29, 0.717) is 19.1 Å². The second-order valence-electron chi connectivity index (χ2n) is 6.61. The van der Waals surface area contributed by atoms with E-state index in [1.54, 1.807) is 0 Å². The maximum atomic E-state index is 12.6. The summed E-state index contributed by atoms with van der Waals surface area (Å²) in [4.78, 5) is 20.0. The van der Waals surface area contributed by atoms with Crippen LogP contribution in [0.1, 0.15) is 32.3 Å². The van der Waals surface area contributed by atoms with Crippen molar-refractivity contribution in [2.45, 2.75) is 39.3 Å². The van der Waals surface area contributed by atoms with Crippen molar-refractivity contribution >= 4 is 5.91 Å². The molecule has 0 aromatic heterocycles. The van der Waals surface area contributed by atoms with E-state index in [4.69, 9.17) is 4.84 Å². The van der Waals surface area contributed by atoms with Crippen molar-refractivity contribution in [3.63, 3.8) is 0 Å². The van der Waals surface area contributed by atoms with Gasteiger partial charge in [-0.25, -0.2) is 0 Å². The Balaban J connectivity index is 1.77. The number of hydroxylamine groups is 1. The lowest BCUT2D eigenvalue weighted by Gasteiger charge is -2.30. The second-order valence-corrected chi connectivity index (χ2v) is 6.61. The summed E-state index contributed by atoms with van der Waals surface area (Å²) >= 11 is 0. The fourth-order valence-corrected chi connectivity index (χ4v) is 2.78. The highest BCUT2D eigenvalue weighted by molar-refractivity contribution is 5.82. The molecule has 0 saturated carbocycles. The van der Waals surface area contributed by atoms with Crippen LogP contribution in [-0.4, -0.2) is 37.0 Å². The van der Waals surface area contributed by atoms with E-state index < -0.39 is 0 Å². The topological polar surface area (TPSA) is 53.6 Å². The minimum Gasteiger partial charge on any atom is -0.337 e. The predicted octanol–water partition coefficient (Wildman–Crippen LogP) is 2.46. The summed E-state index contributed by atoms with van der Waals surface area (Å²) in [6.45, 7) is 6.16. The zero-order valence-electron chi connectivity index (χ0n) is 14.9. The first-order chi connectivity index (χ1) is 11.6. The number of hydrogen-bond acceptors (Lipinski definition) is 4. The third-order valence-corrected chi connectivity index (χ3v) is 4.16. The monoisotopic (exact) mass is 331 g/mol. The van der Waals surface area contributed by atoms with Crippen LogP contribution >= 0.6 is 0 Å². The molecule has 1 amide bonds. The number of carbonyl (C=O) groups is 1. The van der Waals surface area contributed by atoms with Gasteiger partial charge in [0.1, 0.15) is 0 Å². The van der Waals surface area contributed by atoms with E-state index >= 15 is 0 Å². The lowest BCUT2D eigenvalue weighted by molar-refractivity contribution is -0.133. The zero-order valence-corrected chi connectivity index (χ0v) is 14.9. The highest BCUT2D eigenvalue weighted by Crippen LogP contribution is 2.13. The molecule has 0 bridgehead atoms. The Bertz CT molecular complexity index is 543. The average Bonchev–Trinajstić information content (AvgIpc) is 2.60. The van der Waals surface area contributed by atoms with Crippen LogP contribution in [0.3, 0.4) is 0 Å². The fraction of sp³-hybridized carbons (Fsp3) is 0.526. The van der Waals surface area contributed by atoms with Gasteiger partial charge in [-0.05, 0) is 31.0 Å². The third kappa shape index (κ3) is 5.65. The molecule has 1 aromatic carbocycles. The summed E-state index contributed by atoms with van der Waals surface area (Å²) in [5.41, 5.74) is 5.18. The largest absolute Gasteiger partial charge is 0.337 e. The van der Waals surface area contributed by atoms with E-state index in [1.807, 2.05) is 48.4 Å². The molecule has 0 unspecified atom stereocenters. The van der Waals surface area contributed by atoms with Crippen molar-refractivity contribution in [3.8, 4) is 0 Å². The lowest BCUT2D eigenvalue weighted by atomic mass is 10.0. The minimum absolute atomic E-state index is 0.0951. The van der Waals surface area contributed by atoms with Crippen LogP contribution in [0.25, 0.3) is 0 Å². The number of nitrogens with zero attached hydrogens (tertiary/aromatic N) is 1. The summed E-state index contributed by atoms with van der Waals surface area (Å²) in [5, 5.41) is 3.14. The van der Waals surface area contributed by atoms with Gasteiger partial charge in [0.2, 0.25) is 5.91 Å². The Kier molecular flexibility index (Phi) is 7.28. The van der Waals surface area contributed by atoms with Crippen LogP contribution in [0.5, 0.6) is 0 Å². The van der Waals surface area contributed by atoms with Crippen LogP contribution in [0.4, 0.5) is 0 Å². The molecule has 2 rings (SSSR count). The zero-order chi connectivity index (χ0) is 17.4. The molecule has 0 fully saturated rings. The summed E-state index contributed by atoms with van der Waals surface area (Å²) in [7, 11) is 1.86. The summed E-state index contributed by atoms with van der Waals surface area (Å²) in [6.07, 6.45) is 3.69. The second kappa shape index (κ2) is 9.45. The van der Waals surface area contributed by atoms with Crippen LogP contribution < -0.4 is 10.8 Å². The predicted molar refractivity (Wildman–Crippen MR) is 95.9 cm³/mol. The summed E-state index contributed by atoms with van der Waals surface area (Å²) in [6, 6.07) is 9.95. The van der Waals surface area contributed by atoms with Gasteiger partial charge < -0.3 is 10.2 Å². The molecule has 1 aliphatic rings. The highest BCUT2D eigenvalue weighted by atomic mass is 16.6. The van der Waals surface area contributed by atoms with Crippen molar-refractivity contribution in [2.75, 3.05) is 20.1 Å². The van der Waals surface area contributed by atoms with Gasteiger partial charge in [-0.2, -0.15) is 0 Å². The van der Waals surface area contributed by atoms with Crippen molar-refractivity contribution in [1.82, 2.24) is 15.7 Å². The van der Waals surface area contributed by atoms with E-state index in [-0.39, 0.29) is 11.9 Å². The Labute approximate surface area is 145 Å². The Morgan fingerprint density at radius 3 is 2.62 bits per heavy atom. The molecule has 2 N–H and O–H groups in total. The van der Waals surface area contributed by atoms with Crippen molar-refractivity contribution in [1.29, 1.82) is 0 Å². The third-order valence-electron chi connectivity index (χ3n) is 4.16. The van der Waals surface area contributed by atoms with Gasteiger partial charge >= 0.3 is 0 Å². The smallest absolute Gasteiger partial charge is 0.239 e. The number of rotatable bonds is 8. The minimum atomic E-state index is -0.0951. The normalized spacial score (nSPS) is 16.0. The van der Waals surface area contributed by atoms with Gasteiger partial charge in [-0.15, -0.1) is 0 Å².